The summed E-state index contributed by atoms with van der Waals surface area (Å²) in [5.41, 5.74) is 1.09. The Morgan fingerprint density at radius 3 is 3.06 bits per heavy atom. The Labute approximate surface area is 96.9 Å². The molecule has 0 saturated heterocycles. The second kappa shape index (κ2) is 6.67. The fraction of sp³-hybridized carbons (Fsp3) is 0.500. The Morgan fingerprint density at radius 2 is 2.38 bits per heavy atom. The van der Waals surface area contributed by atoms with Crippen molar-refractivity contribution in [1.82, 2.24) is 4.98 Å². The van der Waals surface area contributed by atoms with Gasteiger partial charge in [-0.15, -0.1) is 0 Å². The van der Waals surface area contributed by atoms with E-state index in [9.17, 15) is 0 Å². The summed E-state index contributed by atoms with van der Waals surface area (Å²) in [6.45, 7) is 3.79. The quantitative estimate of drug-likeness (QED) is 0.795. The van der Waals surface area contributed by atoms with Crippen molar-refractivity contribution in [3.05, 3.63) is 18.3 Å². The minimum atomic E-state index is 0.538. The largest absolute Gasteiger partial charge is 0.373 e. The van der Waals surface area contributed by atoms with Crippen molar-refractivity contribution in [1.29, 1.82) is 5.26 Å². The van der Waals surface area contributed by atoms with Crippen LogP contribution in [0.1, 0.15) is 19.8 Å². The number of aromatic nitrogens is 1. The summed E-state index contributed by atoms with van der Waals surface area (Å²) in [5.74, 6) is 0.892. The molecular weight excluding hydrogens is 200 g/mol. The molecule has 0 saturated carbocycles. The molecule has 16 heavy (non-hydrogen) atoms. The zero-order valence-electron chi connectivity index (χ0n) is 9.90. The van der Waals surface area contributed by atoms with Crippen LogP contribution in [0.5, 0.6) is 0 Å². The zero-order chi connectivity index (χ0) is 11.8. The highest BCUT2D eigenvalue weighted by molar-refractivity contribution is 5.53. The number of rotatable bonds is 6. The van der Waals surface area contributed by atoms with E-state index in [4.69, 9.17) is 5.26 Å². The van der Waals surface area contributed by atoms with Crippen LogP contribution in [-0.2, 0) is 0 Å². The van der Waals surface area contributed by atoms with Crippen molar-refractivity contribution in [3.63, 3.8) is 0 Å². The SMILES string of the molecule is CCCNc1cc(N(C)CCC#N)ccn1. The molecule has 4 heteroatoms. The summed E-state index contributed by atoms with van der Waals surface area (Å²) in [5, 5.41) is 11.8. The molecule has 1 aromatic rings. The van der Waals surface area contributed by atoms with Gasteiger partial charge in [0.15, 0.2) is 0 Å². The molecule has 0 aliphatic rings. The van der Waals surface area contributed by atoms with Crippen LogP contribution >= 0.6 is 0 Å². The summed E-state index contributed by atoms with van der Waals surface area (Å²) >= 11 is 0. The molecule has 86 valence electrons. The fourth-order valence-corrected chi connectivity index (χ4v) is 1.35. The zero-order valence-corrected chi connectivity index (χ0v) is 9.90. The lowest BCUT2D eigenvalue weighted by atomic mass is 10.3. The monoisotopic (exact) mass is 218 g/mol. The molecule has 1 heterocycles. The lowest BCUT2D eigenvalue weighted by molar-refractivity contribution is 0.902. The van der Waals surface area contributed by atoms with Crippen LogP contribution in [0.15, 0.2) is 18.3 Å². The maximum atomic E-state index is 8.53. The number of nitrogens with one attached hydrogen (secondary N) is 1. The van der Waals surface area contributed by atoms with Crippen LogP contribution in [0.25, 0.3) is 0 Å². The van der Waals surface area contributed by atoms with Gasteiger partial charge in [-0.2, -0.15) is 5.26 Å². The van der Waals surface area contributed by atoms with Gasteiger partial charge in [0.2, 0.25) is 0 Å². The molecule has 0 fully saturated rings. The average molecular weight is 218 g/mol. The summed E-state index contributed by atoms with van der Waals surface area (Å²) in [6.07, 6.45) is 3.41. The van der Waals surface area contributed by atoms with Crippen LogP contribution in [-0.4, -0.2) is 25.1 Å². The Bertz CT molecular complexity index is 356. The van der Waals surface area contributed by atoms with Crippen LogP contribution in [0, 0.1) is 11.3 Å². The average Bonchev–Trinajstić information content (AvgIpc) is 2.33. The Hall–Kier alpha value is -1.76. The van der Waals surface area contributed by atoms with Crippen LogP contribution < -0.4 is 10.2 Å². The van der Waals surface area contributed by atoms with Crippen LogP contribution in [0.2, 0.25) is 0 Å². The molecule has 0 unspecified atom stereocenters. The minimum Gasteiger partial charge on any atom is -0.373 e. The van der Waals surface area contributed by atoms with Crippen molar-refractivity contribution in [3.8, 4) is 6.07 Å². The summed E-state index contributed by atoms with van der Waals surface area (Å²) < 4.78 is 0. The van der Waals surface area contributed by atoms with Gasteiger partial charge in [0.1, 0.15) is 5.82 Å². The molecule has 0 amide bonds. The van der Waals surface area contributed by atoms with Crippen molar-refractivity contribution < 1.29 is 0 Å². The van der Waals surface area contributed by atoms with Crippen LogP contribution in [0.4, 0.5) is 11.5 Å². The normalized spacial score (nSPS) is 9.56. The number of nitrogens with zero attached hydrogens (tertiary/aromatic N) is 3. The third-order valence-corrected chi connectivity index (χ3v) is 2.30. The first-order valence-corrected chi connectivity index (χ1v) is 5.56. The predicted molar refractivity (Wildman–Crippen MR) is 66.5 cm³/mol. The highest BCUT2D eigenvalue weighted by Gasteiger charge is 2.01. The molecule has 1 aromatic heterocycles. The Morgan fingerprint density at radius 1 is 1.56 bits per heavy atom. The summed E-state index contributed by atoms with van der Waals surface area (Å²) in [7, 11) is 1.98. The van der Waals surface area contributed by atoms with Gasteiger partial charge in [0.05, 0.1) is 12.5 Å². The smallest absolute Gasteiger partial charge is 0.127 e. The van der Waals surface area contributed by atoms with E-state index in [0.717, 1.165) is 31.0 Å². The van der Waals surface area contributed by atoms with Gasteiger partial charge in [-0.3, -0.25) is 0 Å². The van der Waals surface area contributed by atoms with E-state index in [2.05, 4.69) is 28.2 Å². The van der Waals surface area contributed by atoms with Crippen molar-refractivity contribution in [2.45, 2.75) is 19.8 Å². The first-order chi connectivity index (χ1) is 7.77. The number of hydrogen-bond donors (Lipinski definition) is 1. The Kier molecular flexibility index (Phi) is 5.13. The first-order valence-electron chi connectivity index (χ1n) is 5.56. The predicted octanol–water partition coefficient (Wildman–Crippen LogP) is 2.25. The summed E-state index contributed by atoms with van der Waals surface area (Å²) in [4.78, 5) is 6.29. The minimum absolute atomic E-state index is 0.538. The molecule has 0 radical (unpaired) electrons. The van der Waals surface area contributed by atoms with Crippen molar-refractivity contribution in [2.24, 2.45) is 0 Å². The van der Waals surface area contributed by atoms with Gasteiger partial charge >= 0.3 is 0 Å². The van der Waals surface area contributed by atoms with E-state index in [-0.39, 0.29) is 0 Å². The summed E-state index contributed by atoms with van der Waals surface area (Å²) in [6, 6.07) is 6.10. The Balaban J connectivity index is 2.62. The number of pyridine rings is 1. The van der Waals surface area contributed by atoms with Gasteiger partial charge in [-0.05, 0) is 12.5 Å². The molecule has 0 aromatic carbocycles. The molecule has 0 aliphatic heterocycles. The van der Waals surface area contributed by atoms with Gasteiger partial charge in [0, 0.05) is 38.1 Å². The molecule has 0 aliphatic carbocycles. The fourth-order valence-electron chi connectivity index (χ4n) is 1.35. The molecular formula is C12H18N4. The molecule has 0 atom stereocenters. The van der Waals surface area contributed by atoms with E-state index in [0.29, 0.717) is 6.42 Å². The standard InChI is InChI=1S/C12H18N4/c1-3-7-14-12-10-11(5-8-15-12)16(2)9-4-6-13/h5,8,10H,3-4,7,9H2,1-2H3,(H,14,15). The van der Waals surface area contributed by atoms with Gasteiger partial charge < -0.3 is 10.2 Å². The van der Waals surface area contributed by atoms with Crippen molar-refractivity contribution in [2.75, 3.05) is 30.4 Å². The maximum Gasteiger partial charge on any atom is 0.127 e. The highest BCUT2D eigenvalue weighted by Crippen LogP contribution is 2.15. The molecule has 0 bridgehead atoms. The second-order valence-corrected chi connectivity index (χ2v) is 3.66. The van der Waals surface area contributed by atoms with Crippen LogP contribution in [0.3, 0.4) is 0 Å². The molecule has 1 rings (SSSR count). The van der Waals surface area contributed by atoms with E-state index < -0.39 is 0 Å². The van der Waals surface area contributed by atoms with E-state index in [1.54, 1.807) is 6.20 Å². The van der Waals surface area contributed by atoms with Gasteiger partial charge in [-0.25, -0.2) is 4.98 Å². The maximum absolute atomic E-state index is 8.53. The second-order valence-electron chi connectivity index (χ2n) is 3.66. The van der Waals surface area contributed by atoms with E-state index in [1.807, 2.05) is 19.2 Å². The van der Waals surface area contributed by atoms with Gasteiger partial charge in [0.25, 0.3) is 0 Å². The topological polar surface area (TPSA) is 52.0 Å². The van der Waals surface area contributed by atoms with E-state index in [1.165, 1.54) is 0 Å². The molecule has 4 nitrogen and oxygen atoms in total. The number of nitriles is 1. The van der Waals surface area contributed by atoms with Gasteiger partial charge in [-0.1, -0.05) is 6.92 Å². The molecule has 0 spiro atoms. The lowest BCUT2D eigenvalue weighted by Crippen LogP contribution is -2.18. The number of anilines is 2. The van der Waals surface area contributed by atoms with Crippen molar-refractivity contribution >= 4 is 11.5 Å². The lowest BCUT2D eigenvalue weighted by Gasteiger charge is -2.18. The number of hydrogen-bond acceptors (Lipinski definition) is 4. The highest BCUT2D eigenvalue weighted by atomic mass is 15.1. The van der Waals surface area contributed by atoms with E-state index >= 15 is 0 Å². The third kappa shape index (κ3) is 3.77. The third-order valence-electron chi connectivity index (χ3n) is 2.30. The first kappa shape index (κ1) is 12.3. The molecule has 1 N–H and O–H groups in total.